The molecule has 0 unspecified atom stereocenters. The fraction of sp³-hybridized carbons (Fsp3) is 0.545. The van der Waals surface area contributed by atoms with E-state index in [9.17, 15) is 8.78 Å². The Bertz CT molecular complexity index is 345. The highest BCUT2D eigenvalue weighted by atomic mass is 19.3. The minimum absolute atomic E-state index is 0.168. The second-order valence-electron chi connectivity index (χ2n) is 4.34. The van der Waals surface area contributed by atoms with E-state index in [1.54, 1.807) is 6.07 Å². The molecule has 0 aliphatic heterocycles. The van der Waals surface area contributed by atoms with Crippen molar-refractivity contribution in [3.8, 4) is 5.88 Å². The Morgan fingerprint density at radius 1 is 1.27 bits per heavy atom. The average Bonchev–Trinajstić information content (AvgIpc) is 2.15. The van der Waals surface area contributed by atoms with Crippen LogP contribution in [0.2, 0.25) is 0 Å². The Balaban J connectivity index is 3.21. The normalized spacial score (nSPS) is 11.9. The molecule has 1 rings (SSSR count). The third kappa shape index (κ3) is 2.64. The first-order chi connectivity index (χ1) is 6.86. The van der Waals surface area contributed by atoms with Crippen LogP contribution in [-0.4, -0.2) is 12.1 Å². The smallest absolute Gasteiger partial charge is 0.280 e. The molecular weight excluding hydrogens is 200 g/mol. The summed E-state index contributed by atoms with van der Waals surface area (Å²) in [7, 11) is 1.44. The molecule has 4 heteroatoms. The second-order valence-corrected chi connectivity index (χ2v) is 4.34. The number of pyridine rings is 1. The van der Waals surface area contributed by atoms with E-state index < -0.39 is 6.43 Å². The van der Waals surface area contributed by atoms with Gasteiger partial charge in [0.2, 0.25) is 5.88 Å². The molecule has 0 radical (unpaired) electrons. The molecule has 0 saturated carbocycles. The van der Waals surface area contributed by atoms with Crippen LogP contribution in [0.4, 0.5) is 8.78 Å². The van der Waals surface area contributed by atoms with Gasteiger partial charge in [-0.2, -0.15) is 0 Å². The minimum Gasteiger partial charge on any atom is -0.481 e. The Morgan fingerprint density at radius 2 is 1.87 bits per heavy atom. The molecule has 1 heterocycles. The van der Waals surface area contributed by atoms with Gasteiger partial charge < -0.3 is 4.74 Å². The fourth-order valence-electron chi connectivity index (χ4n) is 1.30. The first kappa shape index (κ1) is 11.9. The molecular formula is C11H15F2NO. The number of halogens is 2. The monoisotopic (exact) mass is 215 g/mol. The Morgan fingerprint density at radius 3 is 2.27 bits per heavy atom. The number of nitrogens with zero attached hydrogens (tertiary/aromatic N) is 1. The van der Waals surface area contributed by atoms with Gasteiger partial charge in [-0.1, -0.05) is 26.8 Å². The Labute approximate surface area is 88.3 Å². The van der Waals surface area contributed by atoms with Crippen molar-refractivity contribution in [2.45, 2.75) is 32.6 Å². The molecule has 0 amide bonds. The van der Waals surface area contributed by atoms with E-state index >= 15 is 0 Å². The van der Waals surface area contributed by atoms with Crippen LogP contribution in [0, 0.1) is 0 Å². The van der Waals surface area contributed by atoms with Crippen molar-refractivity contribution in [1.82, 2.24) is 4.98 Å². The fourth-order valence-corrected chi connectivity index (χ4v) is 1.30. The second kappa shape index (κ2) is 4.13. The highest BCUT2D eigenvalue weighted by molar-refractivity contribution is 5.34. The molecule has 84 valence electrons. The zero-order chi connectivity index (χ0) is 11.6. The van der Waals surface area contributed by atoms with Crippen molar-refractivity contribution in [3.05, 3.63) is 23.4 Å². The molecule has 0 aliphatic rings. The van der Waals surface area contributed by atoms with Crippen LogP contribution in [0.5, 0.6) is 5.88 Å². The van der Waals surface area contributed by atoms with E-state index in [0.29, 0.717) is 0 Å². The Hall–Kier alpha value is -1.19. The van der Waals surface area contributed by atoms with E-state index in [-0.39, 0.29) is 17.0 Å². The van der Waals surface area contributed by atoms with Gasteiger partial charge in [0.05, 0.1) is 7.11 Å². The molecule has 0 fully saturated rings. The highest BCUT2D eigenvalue weighted by Gasteiger charge is 2.21. The van der Waals surface area contributed by atoms with Gasteiger partial charge in [-0.3, -0.25) is 0 Å². The van der Waals surface area contributed by atoms with Crippen LogP contribution in [0.15, 0.2) is 12.1 Å². The summed E-state index contributed by atoms with van der Waals surface area (Å²) in [5.41, 5.74) is 0.410. The van der Waals surface area contributed by atoms with Crippen molar-refractivity contribution in [3.63, 3.8) is 0 Å². The summed E-state index contributed by atoms with van der Waals surface area (Å²) in [6.45, 7) is 5.94. The minimum atomic E-state index is -2.56. The topological polar surface area (TPSA) is 22.1 Å². The molecule has 1 aromatic heterocycles. The van der Waals surface area contributed by atoms with Gasteiger partial charge in [-0.05, 0) is 11.5 Å². The lowest BCUT2D eigenvalue weighted by Gasteiger charge is -2.21. The molecule has 0 saturated heterocycles. The predicted molar refractivity (Wildman–Crippen MR) is 54.4 cm³/mol. The number of aromatic nitrogens is 1. The maximum absolute atomic E-state index is 12.4. The van der Waals surface area contributed by atoms with Crippen LogP contribution in [0.25, 0.3) is 0 Å². The quantitative estimate of drug-likeness (QED) is 0.755. The third-order valence-electron chi connectivity index (χ3n) is 2.11. The van der Waals surface area contributed by atoms with Gasteiger partial charge in [-0.15, -0.1) is 0 Å². The van der Waals surface area contributed by atoms with Gasteiger partial charge in [-0.25, -0.2) is 13.8 Å². The first-order valence-corrected chi connectivity index (χ1v) is 4.70. The van der Waals surface area contributed by atoms with Crippen molar-refractivity contribution in [2.24, 2.45) is 0 Å². The van der Waals surface area contributed by atoms with Gasteiger partial charge in [0, 0.05) is 5.56 Å². The summed E-state index contributed by atoms with van der Waals surface area (Å²) < 4.78 is 29.8. The molecule has 0 aliphatic carbocycles. The summed E-state index contributed by atoms with van der Waals surface area (Å²) in [5.74, 6) is 0.278. The molecule has 1 aromatic rings. The molecule has 0 bridgehead atoms. The van der Waals surface area contributed by atoms with Crippen molar-refractivity contribution in [2.75, 3.05) is 7.11 Å². The van der Waals surface area contributed by atoms with E-state index in [1.807, 2.05) is 20.8 Å². The maximum atomic E-state index is 12.4. The van der Waals surface area contributed by atoms with Crippen molar-refractivity contribution in [1.29, 1.82) is 0 Å². The summed E-state index contributed by atoms with van der Waals surface area (Å²) in [4.78, 5) is 3.78. The summed E-state index contributed by atoms with van der Waals surface area (Å²) in [6, 6.07) is 2.99. The van der Waals surface area contributed by atoms with Crippen LogP contribution in [0.3, 0.4) is 0 Å². The van der Waals surface area contributed by atoms with Gasteiger partial charge in [0.15, 0.2) is 0 Å². The van der Waals surface area contributed by atoms with Gasteiger partial charge in [0.25, 0.3) is 6.43 Å². The van der Waals surface area contributed by atoms with Crippen molar-refractivity contribution < 1.29 is 13.5 Å². The van der Waals surface area contributed by atoms with E-state index in [1.165, 1.54) is 13.2 Å². The number of rotatable bonds is 2. The molecule has 0 aromatic carbocycles. The summed E-state index contributed by atoms with van der Waals surface area (Å²) in [5, 5.41) is 0. The standard InChI is InChI=1S/C11H15F2NO/c1-11(2,3)7-5-6-8(9(12)13)14-10(7)15-4/h5-6,9H,1-4H3. The van der Waals surface area contributed by atoms with E-state index in [2.05, 4.69) is 4.98 Å². The zero-order valence-electron chi connectivity index (χ0n) is 9.34. The number of ether oxygens (including phenoxy) is 1. The van der Waals surface area contributed by atoms with Crippen LogP contribution in [-0.2, 0) is 5.41 Å². The van der Waals surface area contributed by atoms with E-state index in [0.717, 1.165) is 5.56 Å². The number of methoxy groups -OCH3 is 1. The molecule has 2 nitrogen and oxygen atoms in total. The van der Waals surface area contributed by atoms with Crippen LogP contribution < -0.4 is 4.74 Å². The van der Waals surface area contributed by atoms with E-state index in [4.69, 9.17) is 4.74 Å². The number of hydrogen-bond acceptors (Lipinski definition) is 2. The largest absolute Gasteiger partial charge is 0.481 e. The lowest BCUT2D eigenvalue weighted by Crippen LogP contribution is -2.14. The number of hydrogen-bond donors (Lipinski definition) is 0. The Kier molecular flexibility index (Phi) is 3.27. The first-order valence-electron chi connectivity index (χ1n) is 4.70. The summed E-state index contributed by atoms with van der Waals surface area (Å²) in [6.07, 6.45) is -2.56. The lowest BCUT2D eigenvalue weighted by atomic mass is 9.87. The third-order valence-corrected chi connectivity index (χ3v) is 2.11. The molecule has 0 spiro atoms. The SMILES string of the molecule is COc1nc(C(F)F)ccc1C(C)(C)C. The van der Waals surface area contributed by atoms with Crippen LogP contribution in [0.1, 0.15) is 38.5 Å². The average molecular weight is 215 g/mol. The van der Waals surface area contributed by atoms with Gasteiger partial charge >= 0.3 is 0 Å². The summed E-state index contributed by atoms with van der Waals surface area (Å²) >= 11 is 0. The van der Waals surface area contributed by atoms with Crippen LogP contribution >= 0.6 is 0 Å². The predicted octanol–water partition coefficient (Wildman–Crippen LogP) is 3.33. The van der Waals surface area contributed by atoms with Crippen molar-refractivity contribution >= 4 is 0 Å². The molecule has 0 N–H and O–H groups in total. The zero-order valence-corrected chi connectivity index (χ0v) is 9.34. The molecule has 15 heavy (non-hydrogen) atoms. The molecule has 0 atom stereocenters. The van der Waals surface area contributed by atoms with Gasteiger partial charge in [0.1, 0.15) is 5.69 Å². The highest BCUT2D eigenvalue weighted by Crippen LogP contribution is 2.31. The number of alkyl halides is 2. The lowest BCUT2D eigenvalue weighted by molar-refractivity contribution is 0.145. The maximum Gasteiger partial charge on any atom is 0.280 e.